The normalized spacial score (nSPS) is 22.6. The molecule has 21 heavy (non-hydrogen) atoms. The Morgan fingerprint density at radius 1 is 1.29 bits per heavy atom. The van der Waals surface area contributed by atoms with Crippen molar-refractivity contribution in [2.45, 2.75) is 38.8 Å². The molecule has 0 bridgehead atoms. The lowest BCUT2D eigenvalue weighted by atomic mass is 10.1. The number of hydrogen-bond donors (Lipinski definition) is 1. The third-order valence-electron chi connectivity index (χ3n) is 4.71. The van der Waals surface area contributed by atoms with Crippen molar-refractivity contribution in [1.29, 1.82) is 0 Å². The Bertz CT molecular complexity index is 477. The molecule has 0 spiro atoms. The van der Waals surface area contributed by atoms with Crippen LogP contribution in [0.25, 0.3) is 0 Å². The fourth-order valence-electron chi connectivity index (χ4n) is 3.61. The SMILES string of the molecule is CCCNCc1cc(Br)ccc1N1CCN2CCCC2C1. The van der Waals surface area contributed by atoms with Crippen molar-refractivity contribution < 1.29 is 0 Å². The zero-order valence-corrected chi connectivity index (χ0v) is 14.5. The lowest BCUT2D eigenvalue weighted by molar-refractivity contribution is 0.231. The molecule has 0 aliphatic carbocycles. The first-order chi connectivity index (χ1) is 10.3. The number of piperazine rings is 1. The van der Waals surface area contributed by atoms with E-state index in [-0.39, 0.29) is 0 Å². The molecule has 2 aliphatic rings. The number of hydrogen-bond acceptors (Lipinski definition) is 3. The van der Waals surface area contributed by atoms with E-state index in [2.05, 4.69) is 56.2 Å². The average molecular weight is 352 g/mol. The van der Waals surface area contributed by atoms with Crippen LogP contribution in [0.15, 0.2) is 22.7 Å². The topological polar surface area (TPSA) is 18.5 Å². The predicted molar refractivity (Wildman–Crippen MR) is 92.9 cm³/mol. The third-order valence-corrected chi connectivity index (χ3v) is 5.21. The van der Waals surface area contributed by atoms with Crippen LogP contribution in [0.5, 0.6) is 0 Å². The maximum Gasteiger partial charge on any atom is 0.0413 e. The highest BCUT2D eigenvalue weighted by Crippen LogP contribution is 2.29. The van der Waals surface area contributed by atoms with Crippen LogP contribution in [0.1, 0.15) is 31.7 Å². The van der Waals surface area contributed by atoms with Crippen LogP contribution in [0, 0.1) is 0 Å². The number of anilines is 1. The largest absolute Gasteiger partial charge is 0.368 e. The van der Waals surface area contributed by atoms with Crippen LogP contribution in [0.4, 0.5) is 5.69 Å². The minimum Gasteiger partial charge on any atom is -0.368 e. The van der Waals surface area contributed by atoms with Gasteiger partial charge in [0.25, 0.3) is 0 Å². The maximum atomic E-state index is 3.62. The van der Waals surface area contributed by atoms with E-state index in [1.165, 1.54) is 61.2 Å². The number of nitrogens with zero attached hydrogens (tertiary/aromatic N) is 2. The van der Waals surface area contributed by atoms with Gasteiger partial charge in [-0.15, -0.1) is 0 Å². The van der Waals surface area contributed by atoms with Crippen LogP contribution in [-0.4, -0.2) is 43.7 Å². The summed E-state index contributed by atoms with van der Waals surface area (Å²) in [7, 11) is 0. The Balaban J connectivity index is 1.74. The van der Waals surface area contributed by atoms with Crippen LogP contribution in [-0.2, 0) is 6.54 Å². The number of fused-ring (bicyclic) bond motifs is 1. The number of nitrogens with one attached hydrogen (secondary N) is 1. The molecule has 0 amide bonds. The molecule has 2 fully saturated rings. The molecule has 1 N–H and O–H groups in total. The first-order valence-electron chi connectivity index (χ1n) is 8.26. The molecule has 0 radical (unpaired) electrons. The zero-order valence-electron chi connectivity index (χ0n) is 12.9. The van der Waals surface area contributed by atoms with Crippen LogP contribution in [0.3, 0.4) is 0 Å². The van der Waals surface area contributed by atoms with Crippen molar-refractivity contribution in [2.24, 2.45) is 0 Å². The van der Waals surface area contributed by atoms with Crippen molar-refractivity contribution in [3.63, 3.8) is 0 Å². The van der Waals surface area contributed by atoms with Gasteiger partial charge in [0.15, 0.2) is 0 Å². The number of rotatable bonds is 5. The molecule has 2 aliphatic heterocycles. The molecular formula is C17H26BrN3. The minimum atomic E-state index is 0.777. The van der Waals surface area contributed by atoms with Crippen molar-refractivity contribution >= 4 is 21.6 Å². The number of halogens is 1. The highest BCUT2D eigenvalue weighted by Gasteiger charge is 2.31. The Morgan fingerprint density at radius 3 is 3.05 bits per heavy atom. The van der Waals surface area contributed by atoms with Gasteiger partial charge < -0.3 is 10.2 Å². The molecular weight excluding hydrogens is 326 g/mol. The number of benzene rings is 1. The van der Waals surface area contributed by atoms with E-state index >= 15 is 0 Å². The van der Waals surface area contributed by atoms with E-state index in [1.807, 2.05) is 0 Å². The highest BCUT2D eigenvalue weighted by molar-refractivity contribution is 9.10. The average Bonchev–Trinajstić information content (AvgIpc) is 2.95. The molecule has 0 aromatic heterocycles. The second-order valence-electron chi connectivity index (χ2n) is 6.23. The molecule has 2 saturated heterocycles. The molecule has 1 aromatic rings. The Hall–Kier alpha value is -0.580. The molecule has 116 valence electrons. The second kappa shape index (κ2) is 7.12. The van der Waals surface area contributed by atoms with Gasteiger partial charge in [0.05, 0.1) is 0 Å². The van der Waals surface area contributed by atoms with Gasteiger partial charge in [0.2, 0.25) is 0 Å². The van der Waals surface area contributed by atoms with Gasteiger partial charge in [-0.05, 0) is 56.1 Å². The Kier molecular flexibility index (Phi) is 5.19. The Morgan fingerprint density at radius 2 is 2.19 bits per heavy atom. The van der Waals surface area contributed by atoms with Gasteiger partial charge in [-0.3, -0.25) is 4.90 Å². The molecule has 3 nitrogen and oxygen atoms in total. The Labute approximate surface area is 136 Å². The van der Waals surface area contributed by atoms with Crippen molar-refractivity contribution in [3.05, 3.63) is 28.2 Å². The highest BCUT2D eigenvalue weighted by atomic mass is 79.9. The quantitative estimate of drug-likeness (QED) is 0.821. The first kappa shape index (κ1) is 15.3. The van der Waals surface area contributed by atoms with Gasteiger partial charge in [-0.1, -0.05) is 22.9 Å². The molecule has 1 aromatic carbocycles. The molecule has 3 rings (SSSR count). The van der Waals surface area contributed by atoms with Crippen molar-refractivity contribution in [3.8, 4) is 0 Å². The van der Waals surface area contributed by atoms with Gasteiger partial charge in [0, 0.05) is 42.4 Å². The maximum absolute atomic E-state index is 3.62. The van der Waals surface area contributed by atoms with Crippen LogP contribution >= 0.6 is 15.9 Å². The van der Waals surface area contributed by atoms with E-state index in [0.29, 0.717) is 0 Å². The van der Waals surface area contributed by atoms with Crippen LogP contribution < -0.4 is 10.2 Å². The smallest absolute Gasteiger partial charge is 0.0413 e. The summed E-state index contributed by atoms with van der Waals surface area (Å²) in [5.41, 5.74) is 2.85. The molecule has 0 saturated carbocycles. The minimum absolute atomic E-state index is 0.777. The van der Waals surface area contributed by atoms with E-state index in [0.717, 1.165) is 19.1 Å². The zero-order chi connectivity index (χ0) is 14.7. The summed E-state index contributed by atoms with van der Waals surface area (Å²) in [4.78, 5) is 5.27. The summed E-state index contributed by atoms with van der Waals surface area (Å²) >= 11 is 3.62. The first-order valence-corrected chi connectivity index (χ1v) is 9.05. The molecule has 1 atom stereocenters. The molecule has 4 heteroatoms. The van der Waals surface area contributed by atoms with Crippen molar-refractivity contribution in [2.75, 3.05) is 37.6 Å². The van der Waals surface area contributed by atoms with E-state index in [4.69, 9.17) is 0 Å². The summed E-state index contributed by atoms with van der Waals surface area (Å²) in [6, 6.07) is 7.52. The fourth-order valence-corrected chi connectivity index (χ4v) is 4.02. The summed E-state index contributed by atoms with van der Waals surface area (Å²) in [5, 5.41) is 3.55. The van der Waals surface area contributed by atoms with E-state index in [1.54, 1.807) is 0 Å². The molecule has 1 unspecified atom stereocenters. The monoisotopic (exact) mass is 351 g/mol. The third kappa shape index (κ3) is 3.61. The van der Waals surface area contributed by atoms with Gasteiger partial charge in [-0.25, -0.2) is 0 Å². The summed E-state index contributed by atoms with van der Waals surface area (Å²) in [6.45, 7) is 9.16. The summed E-state index contributed by atoms with van der Waals surface area (Å²) < 4.78 is 1.18. The van der Waals surface area contributed by atoms with E-state index < -0.39 is 0 Å². The lowest BCUT2D eigenvalue weighted by Gasteiger charge is -2.39. The van der Waals surface area contributed by atoms with Crippen molar-refractivity contribution in [1.82, 2.24) is 10.2 Å². The van der Waals surface area contributed by atoms with Gasteiger partial charge in [-0.2, -0.15) is 0 Å². The molecule has 2 heterocycles. The second-order valence-corrected chi connectivity index (χ2v) is 7.14. The predicted octanol–water partition coefficient (Wildman–Crippen LogP) is 3.23. The lowest BCUT2D eigenvalue weighted by Crippen LogP contribution is -2.50. The van der Waals surface area contributed by atoms with Gasteiger partial charge in [0.1, 0.15) is 0 Å². The van der Waals surface area contributed by atoms with Gasteiger partial charge >= 0.3 is 0 Å². The standard InChI is InChI=1S/C17H26BrN3/c1-2-7-19-12-14-11-15(18)5-6-17(14)21-10-9-20-8-3-4-16(20)13-21/h5-6,11,16,19H,2-4,7-10,12-13H2,1H3. The van der Waals surface area contributed by atoms with E-state index in [9.17, 15) is 0 Å². The van der Waals surface area contributed by atoms with Crippen LogP contribution in [0.2, 0.25) is 0 Å². The summed E-state index contributed by atoms with van der Waals surface area (Å²) in [6.07, 6.45) is 3.93. The fraction of sp³-hybridized carbons (Fsp3) is 0.647. The summed E-state index contributed by atoms with van der Waals surface area (Å²) in [5.74, 6) is 0.